The fourth-order valence-corrected chi connectivity index (χ4v) is 3.29. The molecule has 8 heteroatoms. The van der Waals surface area contributed by atoms with Crippen molar-refractivity contribution in [2.24, 2.45) is 4.99 Å². The van der Waals surface area contributed by atoms with E-state index in [-0.39, 0.29) is 30.0 Å². The third-order valence-corrected chi connectivity index (χ3v) is 4.68. The lowest BCUT2D eigenvalue weighted by atomic mass is 10.1. The number of halogens is 1. The van der Waals surface area contributed by atoms with Gasteiger partial charge < -0.3 is 15.7 Å². The lowest BCUT2D eigenvalue weighted by molar-refractivity contribution is 0.183. The van der Waals surface area contributed by atoms with Gasteiger partial charge in [0.2, 0.25) is 0 Å². The van der Waals surface area contributed by atoms with Gasteiger partial charge in [0.1, 0.15) is 5.82 Å². The Morgan fingerprint density at radius 2 is 2.11 bits per heavy atom. The van der Waals surface area contributed by atoms with Gasteiger partial charge in [-0.15, -0.1) is 24.0 Å². The lowest BCUT2D eigenvalue weighted by Crippen LogP contribution is -2.47. The molecule has 1 aliphatic rings. The van der Waals surface area contributed by atoms with Gasteiger partial charge in [0.25, 0.3) is 0 Å². The number of fused-ring (bicyclic) bond motifs is 1. The number of aliphatic hydroxyl groups is 1. The molecule has 7 nitrogen and oxygen atoms in total. The molecule has 0 amide bonds. The number of guanidine groups is 1. The van der Waals surface area contributed by atoms with Crippen LogP contribution in [0.2, 0.25) is 0 Å². The minimum Gasteiger partial charge on any atom is -0.391 e. The Hall–Kier alpha value is -1.68. The van der Waals surface area contributed by atoms with Crippen LogP contribution in [0.25, 0.3) is 0 Å². The van der Waals surface area contributed by atoms with Crippen molar-refractivity contribution in [3.8, 4) is 0 Å². The van der Waals surface area contributed by atoms with Crippen LogP contribution in [0.15, 0.2) is 35.3 Å². The molecule has 3 N–H and O–H groups in total. The highest BCUT2D eigenvalue weighted by molar-refractivity contribution is 14.0. The highest BCUT2D eigenvalue weighted by Gasteiger charge is 2.22. The first-order chi connectivity index (χ1) is 13.2. The van der Waals surface area contributed by atoms with Gasteiger partial charge in [-0.05, 0) is 18.9 Å². The van der Waals surface area contributed by atoms with Gasteiger partial charge in [-0.1, -0.05) is 37.3 Å². The number of aliphatic imine (C=N–C) groups is 1. The van der Waals surface area contributed by atoms with Gasteiger partial charge in [-0.2, -0.15) is 5.10 Å². The standard InChI is InChI=1S/C20H30N6O.HI/c1-3-18-24-19-11-10-16(14-26(19)25-18)23-20(21-4-2)22-13-17(27)12-15-8-6-5-7-9-15;/h5-9,16-17,27H,3-4,10-14H2,1-2H3,(H2,21,22,23);1H. The average molecular weight is 498 g/mol. The minimum atomic E-state index is -0.497. The molecule has 0 bridgehead atoms. The molecule has 1 aliphatic heterocycles. The molecule has 2 atom stereocenters. The molecular weight excluding hydrogens is 467 g/mol. The molecule has 28 heavy (non-hydrogen) atoms. The normalized spacial score (nSPS) is 17.4. The molecule has 2 aromatic rings. The molecule has 0 saturated carbocycles. The van der Waals surface area contributed by atoms with Crippen LogP contribution < -0.4 is 10.6 Å². The average Bonchev–Trinajstić information content (AvgIpc) is 3.09. The van der Waals surface area contributed by atoms with Crippen molar-refractivity contribution in [2.75, 3.05) is 13.1 Å². The van der Waals surface area contributed by atoms with Crippen molar-refractivity contribution in [3.63, 3.8) is 0 Å². The second-order valence-corrected chi connectivity index (χ2v) is 6.92. The van der Waals surface area contributed by atoms with Crippen molar-refractivity contribution in [3.05, 3.63) is 47.5 Å². The van der Waals surface area contributed by atoms with E-state index in [9.17, 15) is 5.11 Å². The van der Waals surface area contributed by atoms with Crippen LogP contribution in [0.3, 0.4) is 0 Å². The molecule has 0 saturated heterocycles. The molecule has 1 aromatic heterocycles. The molecule has 3 rings (SSSR count). The summed E-state index contributed by atoms with van der Waals surface area (Å²) in [7, 11) is 0. The Balaban J connectivity index is 0.00000280. The van der Waals surface area contributed by atoms with E-state index in [0.29, 0.717) is 13.0 Å². The molecule has 0 spiro atoms. The number of hydrogen-bond donors (Lipinski definition) is 3. The van der Waals surface area contributed by atoms with E-state index in [4.69, 9.17) is 0 Å². The van der Waals surface area contributed by atoms with Crippen molar-refractivity contribution >= 4 is 29.9 Å². The summed E-state index contributed by atoms with van der Waals surface area (Å²) in [4.78, 5) is 9.14. The Morgan fingerprint density at radius 3 is 2.82 bits per heavy atom. The molecule has 154 valence electrons. The maximum absolute atomic E-state index is 10.3. The van der Waals surface area contributed by atoms with Crippen LogP contribution in [0.5, 0.6) is 0 Å². The first-order valence-electron chi connectivity index (χ1n) is 9.87. The number of benzene rings is 1. The second kappa shape index (κ2) is 11.4. The summed E-state index contributed by atoms with van der Waals surface area (Å²) in [6.45, 7) is 6.06. The van der Waals surface area contributed by atoms with Crippen molar-refractivity contribution < 1.29 is 5.11 Å². The van der Waals surface area contributed by atoms with Crippen molar-refractivity contribution in [1.29, 1.82) is 0 Å². The Morgan fingerprint density at radius 1 is 1.32 bits per heavy atom. The highest BCUT2D eigenvalue weighted by atomic mass is 127. The van der Waals surface area contributed by atoms with Crippen LogP contribution in [0, 0.1) is 0 Å². The van der Waals surface area contributed by atoms with Crippen molar-refractivity contribution in [2.45, 2.75) is 58.2 Å². The summed E-state index contributed by atoms with van der Waals surface area (Å²) in [5, 5.41) is 21.6. The molecule has 0 radical (unpaired) electrons. The fourth-order valence-electron chi connectivity index (χ4n) is 3.29. The number of aromatic nitrogens is 3. The van der Waals surface area contributed by atoms with E-state index < -0.39 is 6.10 Å². The topological polar surface area (TPSA) is 87.4 Å². The van der Waals surface area contributed by atoms with Crippen LogP contribution in [0.4, 0.5) is 0 Å². The SMILES string of the molecule is CCNC(=NCC(O)Cc1ccccc1)NC1CCc2nc(CC)nn2C1.I. The Kier molecular flexibility index (Phi) is 9.17. The zero-order chi connectivity index (χ0) is 19.1. The fraction of sp³-hybridized carbons (Fsp3) is 0.550. The molecule has 2 unspecified atom stereocenters. The van der Waals surface area contributed by atoms with Crippen LogP contribution in [-0.4, -0.2) is 51.1 Å². The van der Waals surface area contributed by atoms with E-state index in [2.05, 4.69) is 32.6 Å². The maximum Gasteiger partial charge on any atom is 0.191 e. The third kappa shape index (κ3) is 6.44. The lowest BCUT2D eigenvalue weighted by Gasteiger charge is -2.25. The van der Waals surface area contributed by atoms with E-state index >= 15 is 0 Å². The summed E-state index contributed by atoms with van der Waals surface area (Å²) in [5.74, 6) is 2.73. The smallest absolute Gasteiger partial charge is 0.191 e. The largest absolute Gasteiger partial charge is 0.391 e. The minimum absolute atomic E-state index is 0. The predicted molar refractivity (Wildman–Crippen MR) is 122 cm³/mol. The first-order valence-corrected chi connectivity index (χ1v) is 9.87. The van der Waals surface area contributed by atoms with Gasteiger partial charge >= 0.3 is 0 Å². The third-order valence-electron chi connectivity index (χ3n) is 4.68. The van der Waals surface area contributed by atoms with E-state index in [1.54, 1.807) is 0 Å². The maximum atomic E-state index is 10.3. The zero-order valence-corrected chi connectivity index (χ0v) is 19.0. The van der Waals surface area contributed by atoms with Crippen LogP contribution in [0.1, 0.15) is 37.5 Å². The monoisotopic (exact) mass is 498 g/mol. The predicted octanol–water partition coefficient (Wildman–Crippen LogP) is 1.93. The molecule has 0 fully saturated rings. The van der Waals surface area contributed by atoms with Crippen LogP contribution in [-0.2, 0) is 25.8 Å². The van der Waals surface area contributed by atoms with Crippen molar-refractivity contribution in [1.82, 2.24) is 25.4 Å². The first kappa shape index (κ1) is 22.6. The number of nitrogens with one attached hydrogen (secondary N) is 2. The van der Waals surface area contributed by atoms with E-state index in [1.165, 1.54) is 0 Å². The van der Waals surface area contributed by atoms with Gasteiger partial charge in [0, 0.05) is 31.8 Å². The number of rotatable bonds is 7. The van der Waals surface area contributed by atoms with E-state index in [0.717, 1.165) is 55.5 Å². The molecule has 0 aliphatic carbocycles. The molecular formula is C20H31IN6O. The Labute approximate surface area is 184 Å². The summed E-state index contributed by atoms with van der Waals surface area (Å²) >= 11 is 0. The van der Waals surface area contributed by atoms with Gasteiger partial charge in [-0.25, -0.2) is 9.67 Å². The molecule has 2 heterocycles. The number of aryl methyl sites for hydroxylation is 2. The van der Waals surface area contributed by atoms with E-state index in [1.807, 2.05) is 41.9 Å². The number of nitrogens with zero attached hydrogens (tertiary/aromatic N) is 4. The highest BCUT2D eigenvalue weighted by Crippen LogP contribution is 2.13. The van der Waals surface area contributed by atoms with Crippen LogP contribution >= 0.6 is 24.0 Å². The zero-order valence-electron chi connectivity index (χ0n) is 16.6. The second-order valence-electron chi connectivity index (χ2n) is 6.92. The number of hydrogen-bond acceptors (Lipinski definition) is 4. The molecule has 1 aromatic carbocycles. The van der Waals surface area contributed by atoms with Gasteiger partial charge in [-0.3, -0.25) is 4.99 Å². The van der Waals surface area contributed by atoms with Gasteiger partial charge in [0.05, 0.1) is 19.2 Å². The summed E-state index contributed by atoms with van der Waals surface area (Å²) in [6, 6.07) is 10.3. The summed E-state index contributed by atoms with van der Waals surface area (Å²) in [6.07, 6.45) is 2.89. The summed E-state index contributed by atoms with van der Waals surface area (Å²) in [5.41, 5.74) is 1.12. The summed E-state index contributed by atoms with van der Waals surface area (Å²) < 4.78 is 2.01. The quantitative estimate of drug-likeness (QED) is 0.309. The van der Waals surface area contributed by atoms with Gasteiger partial charge in [0.15, 0.2) is 11.8 Å². The Bertz CT molecular complexity index is 748. The number of aliphatic hydroxyl groups excluding tert-OH is 1.